The zero-order chi connectivity index (χ0) is 90.1. The Morgan fingerprint density at radius 1 is 0.268 bits per heavy atom. The number of hydrogen-bond donors (Lipinski definition) is 2. The number of hydrogen-bond acceptors (Lipinski definition) is 14. The lowest BCUT2D eigenvalue weighted by Gasteiger charge is -2.35. The molecule has 28 heteroatoms. The van der Waals surface area contributed by atoms with Gasteiger partial charge >= 0.3 is 0 Å². The third kappa shape index (κ3) is 26.4. The highest BCUT2D eigenvalue weighted by atomic mass is 35.5. The van der Waals surface area contributed by atoms with Gasteiger partial charge < -0.3 is 29.2 Å². The average molecular weight is 1950 g/mol. The molecule has 13 atom stereocenters. The minimum absolute atomic E-state index is 0.142. The van der Waals surface area contributed by atoms with Crippen molar-refractivity contribution in [3.05, 3.63) is 237 Å². The molecule has 0 bridgehead atoms. The van der Waals surface area contributed by atoms with E-state index in [4.69, 9.17) is 181 Å². The van der Waals surface area contributed by atoms with E-state index in [2.05, 4.69) is 42.5 Å². The molecule has 0 aliphatic heterocycles. The number of halogens is 14. The normalized spacial score (nSPS) is 27.6. The first-order chi connectivity index (χ1) is 58.7. The van der Waals surface area contributed by atoms with E-state index < -0.39 is 50.1 Å². The summed E-state index contributed by atoms with van der Waals surface area (Å²) in [6, 6.07) is 54.4. The van der Waals surface area contributed by atoms with Crippen molar-refractivity contribution in [2.75, 3.05) is 28.4 Å². The van der Waals surface area contributed by atoms with Gasteiger partial charge in [0.1, 0.15) is 5.78 Å². The molecule has 7 saturated carbocycles. The van der Waals surface area contributed by atoms with Gasteiger partial charge in [-0.1, -0.05) is 205 Å². The van der Waals surface area contributed by atoms with Gasteiger partial charge in [-0.15, -0.1) is 0 Å². The molecule has 7 aromatic rings. The van der Waals surface area contributed by atoms with Crippen LogP contribution in [0, 0.1) is 79.3 Å². The SMILES string of the molecule is CO[C@@H]1CCC[C@@](C#N)(c2ccc(Cl)c(Cl)c2)C1.CO[C@@H]1CCC[C@@](C#N)(c2ccc(Cl)c(Cl)c2)C1.CO[C@H]1CCC[C@](C#N)(c2ccc(Cl)c(Cl)c2)C1.CO[C@H]1CCC[C@](C#N)(c2ccc(Cl)c(Cl)c2)C1.N#CC1(c2ccc(Cl)c(Cl)c2)CCCC(=O)C1.N#C[C@@]1(c2ccc(Cl)c(Cl)c2)CCC[C@@H](O)C1.N#C[C@]1(c2ccc(Cl)c(Cl)c2)CCC[C@H](O)C1. The molecule has 0 heterocycles. The molecule has 7 aliphatic carbocycles. The highest BCUT2D eigenvalue weighted by Crippen LogP contribution is 2.49. The lowest BCUT2D eigenvalue weighted by Crippen LogP contribution is -2.34. The van der Waals surface area contributed by atoms with E-state index in [0.29, 0.717) is 96.0 Å². The Hall–Kier alpha value is -5.54. The fourth-order valence-electron chi connectivity index (χ4n) is 17.8. The van der Waals surface area contributed by atoms with Gasteiger partial charge in [-0.3, -0.25) is 4.79 Å². The first-order valence-corrected chi connectivity index (χ1v) is 46.0. The van der Waals surface area contributed by atoms with Crippen LogP contribution in [0.4, 0.5) is 0 Å². The van der Waals surface area contributed by atoms with Crippen molar-refractivity contribution in [2.24, 2.45) is 0 Å². The fraction of sp³-hybridized carbons (Fsp3) is 0.474. The van der Waals surface area contributed by atoms with E-state index >= 15 is 0 Å². The monoisotopic (exact) mass is 1940 g/mol. The van der Waals surface area contributed by atoms with Gasteiger partial charge in [0.2, 0.25) is 0 Å². The Kier molecular flexibility index (Phi) is 39.9. The first-order valence-electron chi connectivity index (χ1n) is 40.7. The Morgan fingerprint density at radius 2 is 0.447 bits per heavy atom. The Morgan fingerprint density at radius 3 is 0.618 bits per heavy atom. The third-order valence-electron chi connectivity index (χ3n) is 25.0. The summed E-state index contributed by atoms with van der Waals surface area (Å²) in [6.45, 7) is 0. The minimum atomic E-state index is -0.719. The van der Waals surface area contributed by atoms with Gasteiger partial charge in [0, 0.05) is 41.3 Å². The van der Waals surface area contributed by atoms with Crippen LogP contribution < -0.4 is 0 Å². The molecule has 0 saturated heterocycles. The molecule has 123 heavy (non-hydrogen) atoms. The highest BCUT2D eigenvalue weighted by Gasteiger charge is 2.45. The summed E-state index contributed by atoms with van der Waals surface area (Å²) in [5.41, 5.74) is 2.36. The maximum Gasteiger partial charge on any atom is 0.134 e. The van der Waals surface area contributed by atoms with Gasteiger partial charge in [-0.05, 0) is 291 Å². The van der Waals surface area contributed by atoms with Crippen LogP contribution in [-0.2, 0) is 61.6 Å². The maximum atomic E-state index is 11.6. The Labute approximate surface area is 793 Å². The number of methoxy groups -OCH3 is 4. The van der Waals surface area contributed by atoms with Gasteiger partial charge in [0.05, 0.1) is 187 Å². The zero-order valence-corrected chi connectivity index (χ0v) is 79.3. The lowest BCUT2D eigenvalue weighted by atomic mass is 9.69. The molecular formula is C95H97Cl14N7O7. The molecule has 0 radical (unpaired) electrons. The number of rotatable bonds is 11. The van der Waals surface area contributed by atoms with Crippen molar-refractivity contribution in [3.63, 3.8) is 0 Å². The van der Waals surface area contributed by atoms with Crippen molar-refractivity contribution in [1.82, 2.24) is 0 Å². The van der Waals surface area contributed by atoms with Gasteiger partial charge in [0.25, 0.3) is 0 Å². The van der Waals surface area contributed by atoms with E-state index in [9.17, 15) is 51.8 Å². The predicted octanol–water partition coefficient (Wildman–Crippen LogP) is 28.7. The molecule has 1 unspecified atom stereocenters. The first kappa shape index (κ1) is 103. The molecule has 0 spiro atoms. The second-order valence-corrected chi connectivity index (χ2v) is 38.3. The quantitative estimate of drug-likeness (QED) is 0.122. The standard InChI is InChI=1S/4C14H15Cl2NO.2C13H13Cl2NO.C13H11Cl2NO/c4*1-18-11-3-2-6-14(8-11,9-17)10-4-5-12(15)13(16)7-10;3*14-11-4-3-9(6-12(11)15)13(8-16)5-1-2-10(17)7-13/h4*4-5,7,11H,2-3,6,8H2,1H3;2*3-4,6,10,17H,1-2,5,7H2;3-4,6H,1-2,5,7H2/t4*11-,14-;2*10-,13-;/m110010./s1. The van der Waals surface area contributed by atoms with Gasteiger partial charge in [0.15, 0.2) is 0 Å². The molecule has 7 aromatic carbocycles. The van der Waals surface area contributed by atoms with E-state index in [1.807, 2.05) is 60.7 Å². The van der Waals surface area contributed by atoms with Crippen molar-refractivity contribution >= 4 is 168 Å². The van der Waals surface area contributed by atoms with Crippen molar-refractivity contribution in [1.29, 1.82) is 36.8 Å². The van der Waals surface area contributed by atoms with E-state index in [1.54, 1.807) is 95.2 Å². The number of ether oxygens (including phenoxy) is 4. The molecule has 14 rings (SSSR count). The van der Waals surface area contributed by atoms with Crippen LogP contribution in [-0.4, -0.2) is 81.1 Å². The number of aliphatic hydroxyl groups is 2. The maximum absolute atomic E-state index is 11.6. The second kappa shape index (κ2) is 47.7. The summed E-state index contributed by atoms with van der Waals surface area (Å²) >= 11 is 83.4. The number of nitrogens with zero attached hydrogens (tertiary/aromatic N) is 7. The van der Waals surface area contributed by atoms with Crippen molar-refractivity contribution in [3.8, 4) is 42.5 Å². The number of carbonyl (C=O) groups is 1. The minimum Gasteiger partial charge on any atom is -0.393 e. The van der Waals surface area contributed by atoms with E-state index in [1.165, 1.54) is 0 Å². The summed E-state index contributed by atoms with van der Waals surface area (Å²) in [4.78, 5) is 11.6. The van der Waals surface area contributed by atoms with Crippen LogP contribution in [0.25, 0.3) is 0 Å². The third-order valence-corrected chi connectivity index (χ3v) is 30.1. The van der Waals surface area contributed by atoms with Crippen LogP contribution >= 0.6 is 162 Å². The summed E-state index contributed by atoms with van der Waals surface area (Å²) in [7, 11) is 6.81. The second-order valence-electron chi connectivity index (χ2n) is 32.6. The number of benzene rings is 7. The van der Waals surface area contributed by atoms with Gasteiger partial charge in [-0.25, -0.2) is 0 Å². The predicted molar refractivity (Wildman–Crippen MR) is 496 cm³/mol. The Balaban J connectivity index is 0.000000178. The lowest BCUT2D eigenvalue weighted by molar-refractivity contribution is -0.121. The largest absolute Gasteiger partial charge is 0.393 e. The highest BCUT2D eigenvalue weighted by molar-refractivity contribution is 6.45. The molecule has 2 N–H and O–H groups in total. The number of nitriles is 7. The number of ketones is 1. The van der Waals surface area contributed by atoms with Crippen molar-refractivity contribution < 1.29 is 34.0 Å². The number of aliphatic hydroxyl groups excluding tert-OH is 2. The van der Waals surface area contributed by atoms with Crippen LogP contribution in [0.15, 0.2) is 127 Å². The number of Topliss-reactive ketones (excluding diaryl/α,β-unsaturated/α-hetero) is 1. The van der Waals surface area contributed by atoms with Crippen LogP contribution in [0.1, 0.15) is 219 Å². The average Bonchev–Trinajstić information content (AvgIpc) is 0.877. The van der Waals surface area contributed by atoms with Crippen LogP contribution in [0.5, 0.6) is 0 Å². The topological polar surface area (TPSA) is 261 Å². The molecule has 7 fully saturated rings. The Bertz CT molecular complexity index is 4690. The molecule has 7 aliphatic rings. The fourth-order valence-corrected chi connectivity index (χ4v) is 19.9. The smallest absolute Gasteiger partial charge is 0.134 e. The van der Waals surface area contributed by atoms with Gasteiger partial charge in [-0.2, -0.15) is 36.8 Å². The van der Waals surface area contributed by atoms with Crippen molar-refractivity contribution in [2.45, 2.75) is 254 Å². The molecule has 652 valence electrons. The number of carbonyl (C=O) groups excluding carboxylic acids is 1. The summed E-state index contributed by atoms with van der Waals surface area (Å²) < 4.78 is 21.7. The van der Waals surface area contributed by atoms with E-state index in [-0.39, 0.29) is 36.6 Å². The summed E-state index contributed by atoms with van der Waals surface area (Å²) in [5.74, 6) is 0.142. The zero-order valence-electron chi connectivity index (χ0n) is 68.7. The summed E-state index contributed by atoms with van der Waals surface area (Å²) in [6.07, 6.45) is 22.1. The van der Waals surface area contributed by atoms with Crippen LogP contribution in [0.3, 0.4) is 0 Å². The molecule has 14 nitrogen and oxygen atoms in total. The molecule has 0 aromatic heterocycles. The summed E-state index contributed by atoms with van der Waals surface area (Å²) in [5, 5.41) is 93.0. The molecular weight excluding hydrogens is 1850 g/mol. The van der Waals surface area contributed by atoms with Crippen LogP contribution in [0.2, 0.25) is 70.3 Å². The molecule has 0 amide bonds. The van der Waals surface area contributed by atoms with E-state index in [0.717, 1.165) is 187 Å².